The molecule has 7 rings (SSSR count). The molecule has 2 aromatic carbocycles. The average molecular weight is 602 g/mol. The summed E-state index contributed by atoms with van der Waals surface area (Å²) in [6.45, 7) is 13.9. The standard InChI is InChI=1S/C32H36ClN7O3/c1-5-25(41)38-13-20(4)39(14-19(38)3)31-22-12-23(33)27(26-18(2)8-9-24-28(26)35-17-34-24)30-29(22)40(32(42)36-31)21(16-43-30)15-37-10-6-7-11-37/h5,8-9,12,17,19-21H,1,6-7,10-11,13-16H2,2-4H3,(H,34,35)/t19-,20+,21?/m1/s1. The number of rotatable bonds is 5. The van der Waals surface area contributed by atoms with Gasteiger partial charge in [0.2, 0.25) is 5.91 Å². The van der Waals surface area contributed by atoms with Crippen molar-refractivity contribution in [2.45, 2.75) is 51.7 Å². The van der Waals surface area contributed by atoms with Crippen LogP contribution >= 0.6 is 11.6 Å². The van der Waals surface area contributed by atoms with Gasteiger partial charge in [0.05, 0.1) is 33.9 Å². The Morgan fingerprint density at radius 1 is 1.19 bits per heavy atom. The van der Waals surface area contributed by atoms with Crippen molar-refractivity contribution in [3.8, 4) is 16.9 Å². The van der Waals surface area contributed by atoms with Crippen molar-refractivity contribution in [1.29, 1.82) is 0 Å². The predicted octanol–water partition coefficient (Wildman–Crippen LogP) is 4.54. The number of carbonyl (C=O) groups excluding carboxylic acids is 1. The summed E-state index contributed by atoms with van der Waals surface area (Å²) in [5.41, 5.74) is 4.73. The fourth-order valence-electron chi connectivity index (χ4n) is 7.18. The molecule has 0 spiro atoms. The van der Waals surface area contributed by atoms with E-state index in [2.05, 4.69) is 26.3 Å². The first kappa shape index (κ1) is 27.9. The number of benzene rings is 2. The van der Waals surface area contributed by atoms with Crippen molar-refractivity contribution in [3.05, 3.63) is 58.3 Å². The van der Waals surface area contributed by atoms with Crippen molar-refractivity contribution in [3.63, 3.8) is 0 Å². The third kappa shape index (κ3) is 4.50. The Balaban J connectivity index is 1.46. The summed E-state index contributed by atoms with van der Waals surface area (Å²) in [5, 5.41) is 1.28. The molecule has 11 heteroatoms. The lowest BCUT2D eigenvalue weighted by Gasteiger charge is -2.45. The van der Waals surface area contributed by atoms with Crippen LogP contribution in [-0.4, -0.2) is 86.6 Å². The van der Waals surface area contributed by atoms with Crippen LogP contribution in [0.25, 0.3) is 33.1 Å². The lowest BCUT2D eigenvalue weighted by Crippen LogP contribution is -2.58. The van der Waals surface area contributed by atoms with Gasteiger partial charge in [-0.2, -0.15) is 4.98 Å². The van der Waals surface area contributed by atoms with Crippen LogP contribution in [0.2, 0.25) is 5.02 Å². The van der Waals surface area contributed by atoms with Gasteiger partial charge in [-0.05, 0) is 70.5 Å². The summed E-state index contributed by atoms with van der Waals surface area (Å²) in [6.07, 6.45) is 5.36. The number of nitrogens with one attached hydrogen (secondary N) is 1. The minimum absolute atomic E-state index is 0.0859. The first-order chi connectivity index (χ1) is 20.8. The number of halogens is 1. The number of anilines is 1. The van der Waals surface area contributed by atoms with Crippen molar-refractivity contribution in [2.24, 2.45) is 0 Å². The fraction of sp³-hybridized carbons (Fsp3) is 0.438. The number of aromatic amines is 1. The number of carbonyl (C=O) groups is 1. The molecule has 0 radical (unpaired) electrons. The number of likely N-dealkylation sites (tertiary alicyclic amines) is 1. The number of fused-ring (bicyclic) bond motifs is 1. The number of aryl methyl sites for hydroxylation is 1. The number of aromatic nitrogens is 4. The van der Waals surface area contributed by atoms with Gasteiger partial charge in [0.1, 0.15) is 12.4 Å². The van der Waals surface area contributed by atoms with Crippen LogP contribution in [0.3, 0.4) is 0 Å². The van der Waals surface area contributed by atoms with Gasteiger partial charge >= 0.3 is 5.69 Å². The highest BCUT2D eigenvalue weighted by molar-refractivity contribution is 6.35. The maximum atomic E-state index is 14.1. The Morgan fingerprint density at radius 3 is 2.74 bits per heavy atom. The van der Waals surface area contributed by atoms with Crippen LogP contribution in [0.4, 0.5) is 5.82 Å². The van der Waals surface area contributed by atoms with E-state index < -0.39 is 0 Å². The smallest absolute Gasteiger partial charge is 0.350 e. The summed E-state index contributed by atoms with van der Waals surface area (Å²) in [4.78, 5) is 45.5. The van der Waals surface area contributed by atoms with E-state index in [1.807, 2.05) is 48.4 Å². The molecule has 3 aliphatic rings. The first-order valence-electron chi connectivity index (χ1n) is 15.0. The third-order valence-electron chi connectivity index (χ3n) is 9.32. The molecule has 1 N–H and O–H groups in total. The maximum absolute atomic E-state index is 14.1. The van der Waals surface area contributed by atoms with E-state index >= 15 is 0 Å². The number of hydrogen-bond acceptors (Lipinski definition) is 7. The molecule has 1 unspecified atom stereocenters. The number of ether oxygens (including phenoxy) is 1. The zero-order chi connectivity index (χ0) is 30.0. The molecule has 224 valence electrons. The highest BCUT2D eigenvalue weighted by Crippen LogP contribution is 2.49. The molecule has 1 amide bonds. The Kier molecular flexibility index (Phi) is 6.93. The normalized spacial score (nSPS) is 22.4. The monoisotopic (exact) mass is 601 g/mol. The molecule has 2 fully saturated rings. The zero-order valence-electron chi connectivity index (χ0n) is 24.8. The number of nitrogens with zero attached hydrogens (tertiary/aromatic N) is 6. The zero-order valence-corrected chi connectivity index (χ0v) is 25.5. The van der Waals surface area contributed by atoms with Crippen LogP contribution in [0.15, 0.2) is 42.0 Å². The van der Waals surface area contributed by atoms with Crippen LogP contribution in [0.5, 0.6) is 5.75 Å². The Labute approximate surface area is 254 Å². The summed E-state index contributed by atoms with van der Waals surface area (Å²) < 4.78 is 8.49. The molecule has 3 aliphatic heterocycles. The van der Waals surface area contributed by atoms with Gasteiger partial charge in [-0.25, -0.2) is 9.78 Å². The number of amides is 1. The van der Waals surface area contributed by atoms with Crippen LogP contribution in [0, 0.1) is 6.92 Å². The van der Waals surface area contributed by atoms with Gasteiger partial charge in [0.25, 0.3) is 0 Å². The first-order valence-corrected chi connectivity index (χ1v) is 15.4. The lowest BCUT2D eigenvalue weighted by molar-refractivity contribution is -0.128. The molecule has 0 aliphatic carbocycles. The van der Waals surface area contributed by atoms with Gasteiger partial charge in [-0.15, -0.1) is 0 Å². The molecular weight excluding hydrogens is 566 g/mol. The highest BCUT2D eigenvalue weighted by atomic mass is 35.5. The molecule has 2 aromatic heterocycles. The van der Waals surface area contributed by atoms with E-state index in [1.165, 1.54) is 6.08 Å². The lowest BCUT2D eigenvalue weighted by atomic mass is 9.95. The summed E-state index contributed by atoms with van der Waals surface area (Å²) in [6, 6.07) is 5.61. The second kappa shape index (κ2) is 10.7. The number of piperazine rings is 1. The Morgan fingerprint density at radius 2 is 1.98 bits per heavy atom. The predicted molar refractivity (Wildman–Crippen MR) is 169 cm³/mol. The van der Waals surface area contributed by atoms with Crippen molar-refractivity contribution < 1.29 is 9.53 Å². The van der Waals surface area contributed by atoms with Crippen LogP contribution in [0.1, 0.15) is 38.3 Å². The number of imidazole rings is 1. The van der Waals surface area contributed by atoms with E-state index in [0.717, 1.165) is 65.6 Å². The van der Waals surface area contributed by atoms with Crippen LogP contribution < -0.4 is 15.3 Å². The molecule has 5 heterocycles. The van der Waals surface area contributed by atoms with E-state index in [4.69, 9.17) is 21.3 Å². The number of H-pyrrole nitrogens is 1. The minimum Gasteiger partial charge on any atom is -0.488 e. The molecule has 4 aromatic rings. The van der Waals surface area contributed by atoms with Gasteiger partial charge in [-0.1, -0.05) is 24.2 Å². The second-order valence-electron chi connectivity index (χ2n) is 12.1. The van der Waals surface area contributed by atoms with Crippen molar-refractivity contribution in [2.75, 3.05) is 44.2 Å². The average Bonchev–Trinajstić information content (AvgIpc) is 3.69. The maximum Gasteiger partial charge on any atom is 0.350 e. The summed E-state index contributed by atoms with van der Waals surface area (Å²) >= 11 is 7.19. The minimum atomic E-state index is -0.302. The second-order valence-corrected chi connectivity index (χ2v) is 12.5. The highest BCUT2D eigenvalue weighted by Gasteiger charge is 2.37. The largest absolute Gasteiger partial charge is 0.488 e. The van der Waals surface area contributed by atoms with Crippen molar-refractivity contribution in [1.82, 2.24) is 29.3 Å². The van der Waals surface area contributed by atoms with Crippen LogP contribution in [-0.2, 0) is 4.79 Å². The third-order valence-corrected chi connectivity index (χ3v) is 9.61. The molecule has 0 saturated carbocycles. The Bertz CT molecular complexity index is 1830. The number of hydrogen-bond donors (Lipinski definition) is 1. The quantitative estimate of drug-likeness (QED) is 0.335. The van der Waals surface area contributed by atoms with Gasteiger partial charge in [-0.3, -0.25) is 9.36 Å². The summed E-state index contributed by atoms with van der Waals surface area (Å²) in [5.74, 6) is 1.05. The fourth-order valence-corrected chi connectivity index (χ4v) is 7.47. The van der Waals surface area contributed by atoms with E-state index in [-0.39, 0.29) is 29.7 Å². The molecule has 43 heavy (non-hydrogen) atoms. The molecule has 0 bridgehead atoms. The molecule has 3 atom stereocenters. The Hall–Kier alpha value is -3.89. The molecule has 10 nitrogen and oxygen atoms in total. The topological polar surface area (TPSA) is 99.6 Å². The van der Waals surface area contributed by atoms with Gasteiger partial charge in [0.15, 0.2) is 5.75 Å². The summed E-state index contributed by atoms with van der Waals surface area (Å²) in [7, 11) is 0. The molecular formula is C32H36ClN7O3. The SMILES string of the molecule is C=CC(=O)N1C[C@H](C)N(c2nc(=O)n3c4c(c(-c5c(C)ccc6[nH]cnc56)c(Cl)cc24)OCC3CN2CCCC2)C[C@H]1C. The van der Waals surface area contributed by atoms with E-state index in [1.54, 1.807) is 6.33 Å². The van der Waals surface area contributed by atoms with E-state index in [9.17, 15) is 9.59 Å². The van der Waals surface area contributed by atoms with Gasteiger partial charge < -0.3 is 24.4 Å². The van der Waals surface area contributed by atoms with Gasteiger partial charge in [0, 0.05) is 48.2 Å². The molecule has 2 saturated heterocycles. The van der Waals surface area contributed by atoms with Crippen molar-refractivity contribution >= 4 is 45.3 Å². The van der Waals surface area contributed by atoms with E-state index in [0.29, 0.717) is 41.8 Å².